The van der Waals surface area contributed by atoms with Crippen LogP contribution in [0.2, 0.25) is 0 Å². The Balaban J connectivity index is 2.22. The molecular weight excluding hydrogens is 267 g/mol. The molecule has 3 heteroatoms. The van der Waals surface area contributed by atoms with Crippen molar-refractivity contribution in [2.24, 2.45) is 0 Å². The molecule has 1 unspecified atom stereocenters. The minimum atomic E-state index is -1.99. The summed E-state index contributed by atoms with van der Waals surface area (Å²) in [6.07, 6.45) is -1.99. The highest BCUT2D eigenvalue weighted by atomic mass is 19.1. The Labute approximate surface area is 124 Å². The van der Waals surface area contributed by atoms with E-state index in [0.29, 0.717) is 11.3 Å². The van der Waals surface area contributed by atoms with Crippen molar-refractivity contribution in [3.63, 3.8) is 0 Å². The Morgan fingerprint density at radius 2 is 1.76 bits per heavy atom. The number of alkyl halides is 1. The van der Waals surface area contributed by atoms with Crippen LogP contribution < -0.4 is 4.74 Å². The molecule has 0 bridgehead atoms. The Bertz CT molecular complexity index is 620. The van der Waals surface area contributed by atoms with E-state index in [9.17, 15) is 9.18 Å². The molecule has 0 aliphatic carbocycles. The first-order chi connectivity index (χ1) is 9.99. The number of hydrogen-bond donors (Lipinski definition) is 0. The molecule has 2 nitrogen and oxygen atoms in total. The van der Waals surface area contributed by atoms with E-state index in [0.717, 1.165) is 11.1 Å². The molecule has 0 spiro atoms. The number of ketones is 1. The Morgan fingerprint density at radius 3 is 2.38 bits per heavy atom. The summed E-state index contributed by atoms with van der Waals surface area (Å²) >= 11 is 0. The minimum absolute atomic E-state index is 0.194. The van der Waals surface area contributed by atoms with Crippen molar-refractivity contribution in [2.45, 2.75) is 33.0 Å². The van der Waals surface area contributed by atoms with E-state index in [2.05, 4.69) is 0 Å². The van der Waals surface area contributed by atoms with Crippen molar-refractivity contribution in [3.8, 4) is 5.75 Å². The second-order valence-corrected chi connectivity index (χ2v) is 5.36. The van der Waals surface area contributed by atoms with E-state index < -0.39 is 12.1 Å². The molecule has 0 aliphatic heterocycles. The van der Waals surface area contributed by atoms with Gasteiger partial charge in [-0.2, -0.15) is 4.39 Å². The van der Waals surface area contributed by atoms with Gasteiger partial charge in [-0.15, -0.1) is 0 Å². The quantitative estimate of drug-likeness (QED) is 0.746. The van der Waals surface area contributed by atoms with E-state index in [1.165, 1.54) is 0 Å². The second-order valence-electron chi connectivity index (χ2n) is 5.36. The highest BCUT2D eigenvalue weighted by Crippen LogP contribution is 2.29. The number of carbonyl (C=O) groups is 1. The van der Waals surface area contributed by atoms with Gasteiger partial charge in [-0.1, -0.05) is 56.3 Å². The summed E-state index contributed by atoms with van der Waals surface area (Å²) in [4.78, 5) is 12.0. The zero-order chi connectivity index (χ0) is 15.4. The van der Waals surface area contributed by atoms with Crippen LogP contribution in [-0.2, 0) is 0 Å². The maximum atomic E-state index is 14.2. The number of halogens is 1. The first-order valence-corrected chi connectivity index (χ1v) is 6.99. The summed E-state index contributed by atoms with van der Waals surface area (Å²) in [6, 6.07) is 14.0. The first kappa shape index (κ1) is 15.2. The second kappa shape index (κ2) is 6.53. The van der Waals surface area contributed by atoms with Crippen LogP contribution in [0.3, 0.4) is 0 Å². The van der Waals surface area contributed by atoms with Crippen molar-refractivity contribution >= 4 is 5.78 Å². The van der Waals surface area contributed by atoms with E-state index in [-0.39, 0.29) is 5.92 Å². The summed E-state index contributed by atoms with van der Waals surface area (Å²) in [5.74, 6) is -0.0341. The lowest BCUT2D eigenvalue weighted by atomic mass is 10.0. The van der Waals surface area contributed by atoms with Crippen molar-refractivity contribution in [1.82, 2.24) is 0 Å². The summed E-state index contributed by atoms with van der Waals surface area (Å²) in [5, 5.41) is 0. The molecular formula is C18H19FO2. The van der Waals surface area contributed by atoms with Crippen LogP contribution in [0.1, 0.15) is 41.3 Å². The molecule has 110 valence electrons. The average Bonchev–Trinajstić information content (AvgIpc) is 2.47. The molecule has 0 saturated heterocycles. The van der Waals surface area contributed by atoms with Gasteiger partial charge in [0.2, 0.25) is 5.78 Å². The van der Waals surface area contributed by atoms with Gasteiger partial charge in [0.1, 0.15) is 5.75 Å². The van der Waals surface area contributed by atoms with Gasteiger partial charge in [-0.05, 0) is 30.0 Å². The molecule has 2 aromatic rings. The van der Waals surface area contributed by atoms with Crippen LogP contribution in [0.4, 0.5) is 4.39 Å². The summed E-state index contributed by atoms with van der Waals surface area (Å²) in [5.41, 5.74) is 2.17. The Hall–Kier alpha value is -2.16. The van der Waals surface area contributed by atoms with Gasteiger partial charge >= 0.3 is 6.36 Å². The van der Waals surface area contributed by atoms with Gasteiger partial charge in [-0.3, -0.25) is 4.79 Å². The largest absolute Gasteiger partial charge is 0.453 e. The maximum absolute atomic E-state index is 14.2. The number of hydrogen-bond acceptors (Lipinski definition) is 2. The number of rotatable bonds is 5. The van der Waals surface area contributed by atoms with Gasteiger partial charge in [0.25, 0.3) is 0 Å². The minimum Gasteiger partial charge on any atom is -0.453 e. The number of ether oxygens (including phenoxy) is 1. The van der Waals surface area contributed by atoms with Crippen molar-refractivity contribution in [2.75, 3.05) is 0 Å². The number of Topliss-reactive ketones (excluding diaryl/α,β-unsaturated/α-hetero) is 1. The standard InChI is InChI=1S/C18H19FO2/c1-12(2)15-10-9-13(3)11-16(15)21-18(19)17(20)14-7-5-4-6-8-14/h4-12,18H,1-3H3. The molecule has 21 heavy (non-hydrogen) atoms. The van der Waals surface area contributed by atoms with Crippen LogP contribution in [0.5, 0.6) is 5.75 Å². The van der Waals surface area contributed by atoms with Gasteiger partial charge < -0.3 is 4.74 Å². The predicted molar refractivity (Wildman–Crippen MR) is 81.6 cm³/mol. The SMILES string of the molecule is Cc1ccc(C(C)C)c(OC(F)C(=O)c2ccccc2)c1. The smallest absolute Gasteiger partial charge is 0.301 e. The predicted octanol–water partition coefficient (Wildman–Crippen LogP) is 4.68. The van der Waals surface area contributed by atoms with Crippen molar-refractivity contribution in [3.05, 3.63) is 65.2 Å². The van der Waals surface area contributed by atoms with E-state index >= 15 is 0 Å². The number of benzene rings is 2. The third-order valence-corrected chi connectivity index (χ3v) is 3.29. The fourth-order valence-corrected chi connectivity index (χ4v) is 2.12. The molecule has 0 N–H and O–H groups in total. The summed E-state index contributed by atoms with van der Waals surface area (Å²) in [6.45, 7) is 5.91. The fourth-order valence-electron chi connectivity index (χ4n) is 2.12. The molecule has 0 saturated carbocycles. The first-order valence-electron chi connectivity index (χ1n) is 6.99. The maximum Gasteiger partial charge on any atom is 0.301 e. The summed E-state index contributed by atoms with van der Waals surface area (Å²) in [7, 11) is 0. The lowest BCUT2D eigenvalue weighted by molar-refractivity contribution is 0.0446. The molecule has 0 aliphatic rings. The van der Waals surface area contributed by atoms with Gasteiger partial charge in [-0.25, -0.2) is 0 Å². The van der Waals surface area contributed by atoms with Crippen LogP contribution in [0.25, 0.3) is 0 Å². The van der Waals surface area contributed by atoms with Gasteiger partial charge in [0, 0.05) is 5.56 Å². The van der Waals surface area contributed by atoms with Crippen molar-refractivity contribution < 1.29 is 13.9 Å². The lowest BCUT2D eigenvalue weighted by Crippen LogP contribution is -2.23. The Morgan fingerprint density at radius 1 is 1.10 bits per heavy atom. The number of aryl methyl sites for hydroxylation is 1. The van der Waals surface area contributed by atoms with Crippen LogP contribution >= 0.6 is 0 Å². The molecule has 0 amide bonds. The highest BCUT2D eigenvalue weighted by molar-refractivity contribution is 5.98. The van der Waals surface area contributed by atoms with Crippen molar-refractivity contribution in [1.29, 1.82) is 0 Å². The Kier molecular flexibility index (Phi) is 4.73. The average molecular weight is 286 g/mol. The van der Waals surface area contributed by atoms with Crippen LogP contribution in [0.15, 0.2) is 48.5 Å². The molecule has 1 atom stereocenters. The van der Waals surface area contributed by atoms with Crippen LogP contribution in [0, 0.1) is 6.92 Å². The molecule has 0 aromatic heterocycles. The molecule has 2 rings (SSSR count). The third kappa shape index (κ3) is 3.69. The fraction of sp³-hybridized carbons (Fsp3) is 0.278. The molecule has 0 radical (unpaired) electrons. The number of carbonyl (C=O) groups excluding carboxylic acids is 1. The van der Waals surface area contributed by atoms with E-state index in [1.807, 2.05) is 32.9 Å². The third-order valence-electron chi connectivity index (χ3n) is 3.29. The topological polar surface area (TPSA) is 26.3 Å². The summed E-state index contributed by atoms with van der Waals surface area (Å²) < 4.78 is 19.5. The van der Waals surface area contributed by atoms with Gasteiger partial charge in [0.05, 0.1) is 0 Å². The molecule has 0 fully saturated rings. The molecule has 2 aromatic carbocycles. The zero-order valence-electron chi connectivity index (χ0n) is 12.5. The molecule has 0 heterocycles. The monoisotopic (exact) mass is 286 g/mol. The highest BCUT2D eigenvalue weighted by Gasteiger charge is 2.22. The lowest BCUT2D eigenvalue weighted by Gasteiger charge is -2.17. The zero-order valence-corrected chi connectivity index (χ0v) is 12.5. The van der Waals surface area contributed by atoms with E-state index in [1.54, 1.807) is 36.4 Å². The van der Waals surface area contributed by atoms with Gasteiger partial charge in [0.15, 0.2) is 0 Å². The normalized spacial score (nSPS) is 12.2. The van der Waals surface area contributed by atoms with Crippen LogP contribution in [-0.4, -0.2) is 12.1 Å². The van der Waals surface area contributed by atoms with E-state index in [4.69, 9.17) is 4.74 Å².